The van der Waals surface area contributed by atoms with Crippen molar-refractivity contribution in [2.24, 2.45) is 0 Å². The number of hydrogen-bond donors (Lipinski definition) is 1. The highest BCUT2D eigenvalue weighted by Crippen LogP contribution is 2.34. The number of benzene rings is 3. The number of para-hydroxylation sites is 2. The van der Waals surface area contributed by atoms with Crippen molar-refractivity contribution in [2.45, 2.75) is 6.92 Å². The highest BCUT2D eigenvalue weighted by molar-refractivity contribution is 6.34. The summed E-state index contributed by atoms with van der Waals surface area (Å²) in [6.07, 6.45) is 0. The Hall–Kier alpha value is -3.17. The second-order valence-electron chi connectivity index (χ2n) is 6.26. The van der Waals surface area contributed by atoms with E-state index in [-0.39, 0.29) is 5.91 Å². The number of amides is 1. The molecule has 0 atom stereocenters. The Bertz CT molecular complexity index is 1140. The van der Waals surface area contributed by atoms with Crippen molar-refractivity contribution in [1.29, 1.82) is 0 Å². The third-order valence-electron chi connectivity index (χ3n) is 4.48. The second-order valence-corrected chi connectivity index (χ2v) is 6.67. The summed E-state index contributed by atoms with van der Waals surface area (Å²) in [7, 11) is 0. The molecule has 0 radical (unpaired) electrons. The van der Waals surface area contributed by atoms with Crippen molar-refractivity contribution in [3.05, 3.63) is 95.1 Å². The minimum absolute atomic E-state index is 0.224. The van der Waals surface area contributed by atoms with Crippen molar-refractivity contribution in [2.75, 3.05) is 5.32 Å². The number of fused-ring (bicyclic) bond motifs is 1. The maximum Gasteiger partial charge on any atom is 0.258 e. The van der Waals surface area contributed by atoms with Crippen LogP contribution in [0.4, 0.5) is 5.69 Å². The molecule has 0 spiro atoms. The lowest BCUT2D eigenvalue weighted by Crippen LogP contribution is -2.16. The lowest BCUT2D eigenvalue weighted by Gasteiger charge is -2.16. The van der Waals surface area contributed by atoms with Crippen LogP contribution in [0.3, 0.4) is 0 Å². The second kappa shape index (κ2) is 7.22. The van der Waals surface area contributed by atoms with Crippen molar-refractivity contribution >= 4 is 34.1 Å². The molecule has 1 N–H and O–H groups in total. The van der Waals surface area contributed by atoms with E-state index in [1.54, 1.807) is 12.1 Å². The average molecular weight is 373 g/mol. The van der Waals surface area contributed by atoms with Gasteiger partial charge in [-0.05, 0) is 30.7 Å². The minimum atomic E-state index is -0.224. The smallest absolute Gasteiger partial charge is 0.258 e. The van der Waals surface area contributed by atoms with Crippen LogP contribution in [0.5, 0.6) is 0 Å². The van der Waals surface area contributed by atoms with Crippen LogP contribution in [0.15, 0.2) is 78.9 Å². The fourth-order valence-corrected chi connectivity index (χ4v) is 3.45. The van der Waals surface area contributed by atoms with Crippen LogP contribution in [0.1, 0.15) is 16.1 Å². The Balaban J connectivity index is 1.93. The molecule has 0 saturated carbocycles. The van der Waals surface area contributed by atoms with Crippen LogP contribution in [-0.2, 0) is 0 Å². The van der Waals surface area contributed by atoms with Crippen LogP contribution in [0.2, 0.25) is 5.02 Å². The number of carbonyl (C=O) groups excluding carboxylic acids is 1. The molecule has 1 heterocycles. The zero-order valence-corrected chi connectivity index (χ0v) is 15.5. The number of nitrogens with zero attached hydrogens (tertiary/aromatic N) is 1. The Morgan fingerprint density at radius 1 is 0.889 bits per heavy atom. The summed E-state index contributed by atoms with van der Waals surface area (Å²) in [4.78, 5) is 17.9. The molecule has 1 aromatic heterocycles. The van der Waals surface area contributed by atoms with Gasteiger partial charge in [0.2, 0.25) is 0 Å². The molecule has 1 amide bonds. The Morgan fingerprint density at radius 3 is 2.33 bits per heavy atom. The first kappa shape index (κ1) is 17.3. The summed E-state index contributed by atoms with van der Waals surface area (Å²) in [6.45, 7) is 1.86. The summed E-state index contributed by atoms with van der Waals surface area (Å²) in [5.74, 6) is -0.224. The topological polar surface area (TPSA) is 42.0 Å². The number of pyridine rings is 1. The number of anilines is 1. The molecule has 0 aliphatic heterocycles. The van der Waals surface area contributed by atoms with Gasteiger partial charge in [0.05, 0.1) is 27.5 Å². The van der Waals surface area contributed by atoms with Crippen LogP contribution < -0.4 is 5.32 Å². The van der Waals surface area contributed by atoms with E-state index in [2.05, 4.69) is 10.3 Å². The lowest BCUT2D eigenvalue weighted by molar-refractivity contribution is 0.102. The molecule has 0 unspecified atom stereocenters. The van der Waals surface area contributed by atoms with Crippen LogP contribution in [0, 0.1) is 6.92 Å². The molecular formula is C23H17ClN2O. The van der Waals surface area contributed by atoms with Crippen LogP contribution in [-0.4, -0.2) is 10.9 Å². The van der Waals surface area contributed by atoms with Crippen molar-refractivity contribution in [3.8, 4) is 11.1 Å². The number of carbonyl (C=O) groups is 1. The maximum atomic E-state index is 13.2. The third kappa shape index (κ3) is 3.29. The molecule has 4 heteroatoms. The van der Waals surface area contributed by atoms with Gasteiger partial charge < -0.3 is 5.32 Å². The number of nitrogens with one attached hydrogen (secondary N) is 1. The van der Waals surface area contributed by atoms with Gasteiger partial charge in [0, 0.05) is 10.9 Å². The molecule has 0 aliphatic carbocycles. The first-order chi connectivity index (χ1) is 13.1. The van der Waals surface area contributed by atoms with Gasteiger partial charge in [0.15, 0.2) is 0 Å². The van der Waals surface area contributed by atoms with Crippen LogP contribution >= 0.6 is 11.6 Å². The molecule has 3 aromatic carbocycles. The van der Waals surface area contributed by atoms with Gasteiger partial charge >= 0.3 is 0 Å². The molecule has 4 rings (SSSR count). The monoisotopic (exact) mass is 372 g/mol. The highest BCUT2D eigenvalue weighted by Gasteiger charge is 2.20. The van der Waals surface area contributed by atoms with Crippen LogP contribution in [0.25, 0.3) is 22.0 Å². The van der Waals surface area contributed by atoms with E-state index in [1.807, 2.05) is 73.7 Å². The van der Waals surface area contributed by atoms with Gasteiger partial charge in [0.25, 0.3) is 5.91 Å². The van der Waals surface area contributed by atoms with Gasteiger partial charge in [-0.3, -0.25) is 9.78 Å². The minimum Gasteiger partial charge on any atom is -0.321 e. The number of hydrogen-bond acceptors (Lipinski definition) is 2. The number of rotatable bonds is 3. The van der Waals surface area contributed by atoms with Gasteiger partial charge in [-0.25, -0.2) is 0 Å². The molecular weight excluding hydrogens is 356 g/mol. The summed E-state index contributed by atoms with van der Waals surface area (Å²) >= 11 is 6.22. The standard InChI is InChI=1S/C23H17ClN2O/c1-15-21(23(27)26-20-14-8-6-12-18(20)24)22(16-9-3-2-4-10-16)17-11-5-7-13-19(17)25-15/h2-14H,1H3,(H,26,27). The fraction of sp³-hybridized carbons (Fsp3) is 0.0435. The number of aromatic nitrogens is 1. The maximum absolute atomic E-state index is 13.2. The summed E-state index contributed by atoms with van der Waals surface area (Å²) in [5, 5.41) is 4.37. The Morgan fingerprint density at radius 2 is 1.56 bits per heavy atom. The SMILES string of the molecule is Cc1nc2ccccc2c(-c2ccccc2)c1C(=O)Nc1ccccc1Cl. The van der Waals surface area contributed by atoms with Crippen molar-refractivity contribution < 1.29 is 4.79 Å². The van der Waals surface area contributed by atoms with E-state index in [4.69, 9.17) is 11.6 Å². The van der Waals surface area contributed by atoms with Crippen molar-refractivity contribution in [3.63, 3.8) is 0 Å². The largest absolute Gasteiger partial charge is 0.321 e. The molecule has 0 fully saturated rings. The zero-order chi connectivity index (χ0) is 18.8. The average Bonchev–Trinajstić information content (AvgIpc) is 2.69. The van der Waals surface area contributed by atoms with E-state index >= 15 is 0 Å². The van der Waals surface area contributed by atoms with Gasteiger partial charge in [-0.1, -0.05) is 72.3 Å². The zero-order valence-electron chi connectivity index (χ0n) is 14.7. The molecule has 0 aliphatic rings. The molecule has 3 nitrogen and oxygen atoms in total. The number of halogens is 1. The first-order valence-corrected chi connectivity index (χ1v) is 9.03. The third-order valence-corrected chi connectivity index (χ3v) is 4.81. The van der Waals surface area contributed by atoms with Crippen molar-refractivity contribution in [1.82, 2.24) is 4.98 Å². The van der Waals surface area contributed by atoms with E-state index in [0.29, 0.717) is 22.0 Å². The Labute approximate surface area is 162 Å². The Kier molecular flexibility index (Phi) is 4.61. The van der Waals surface area contributed by atoms with Gasteiger partial charge in [0.1, 0.15) is 0 Å². The molecule has 0 saturated heterocycles. The summed E-state index contributed by atoms with van der Waals surface area (Å²) in [5.41, 5.74) is 4.53. The normalized spacial score (nSPS) is 10.7. The van der Waals surface area contributed by atoms with Gasteiger partial charge in [-0.15, -0.1) is 0 Å². The van der Waals surface area contributed by atoms with E-state index < -0.39 is 0 Å². The molecule has 132 valence electrons. The first-order valence-electron chi connectivity index (χ1n) is 8.66. The molecule has 0 bridgehead atoms. The lowest BCUT2D eigenvalue weighted by atomic mass is 9.94. The summed E-state index contributed by atoms with van der Waals surface area (Å²) < 4.78 is 0. The quantitative estimate of drug-likeness (QED) is 0.471. The predicted molar refractivity (Wildman–Crippen MR) is 111 cm³/mol. The number of aryl methyl sites for hydroxylation is 1. The predicted octanol–water partition coefficient (Wildman–Crippen LogP) is 6.12. The highest BCUT2D eigenvalue weighted by atomic mass is 35.5. The van der Waals surface area contributed by atoms with Gasteiger partial charge in [-0.2, -0.15) is 0 Å². The molecule has 4 aromatic rings. The molecule has 27 heavy (non-hydrogen) atoms. The van der Waals surface area contributed by atoms with E-state index in [1.165, 1.54) is 0 Å². The fourth-order valence-electron chi connectivity index (χ4n) is 3.26. The van der Waals surface area contributed by atoms with E-state index in [0.717, 1.165) is 22.0 Å². The summed E-state index contributed by atoms with van der Waals surface area (Å²) in [6, 6.07) is 25.0. The van der Waals surface area contributed by atoms with E-state index in [9.17, 15) is 4.79 Å².